The standard InChI is InChI=1S/C65H45N/c1-64(2)53-31-12-10-28-51(53)62-52(30-18-34-57(62)64)61(44-22-16-21-42(39-44)41-19-4-3-5-20-41)49-27-7-6-23-45(49)43-37-38-56-60(40-43)66-59-36-15-11-26-48(59)50-29-17-35-58(63(50)66)65(56)54-32-13-8-24-46(54)47-25-9-14-33-55(47)65/h3-40,61H,1-2H3. The number of hydrogen-bond donors (Lipinski definition) is 0. The molecule has 1 atom stereocenters. The predicted octanol–water partition coefficient (Wildman–Crippen LogP) is 16.3. The molecule has 0 saturated heterocycles. The summed E-state index contributed by atoms with van der Waals surface area (Å²) in [6.45, 7) is 4.78. The summed E-state index contributed by atoms with van der Waals surface area (Å²) in [7, 11) is 0. The van der Waals surface area contributed by atoms with Crippen LogP contribution in [0.15, 0.2) is 231 Å². The van der Waals surface area contributed by atoms with E-state index in [1.807, 2.05) is 0 Å². The first-order valence-corrected chi connectivity index (χ1v) is 23.4. The maximum absolute atomic E-state index is 2.58. The number of aromatic nitrogens is 1. The van der Waals surface area contributed by atoms with E-state index in [-0.39, 0.29) is 11.3 Å². The Hall–Kier alpha value is -8.00. The summed E-state index contributed by atoms with van der Waals surface area (Å²) >= 11 is 0. The molecule has 11 aromatic rings. The molecular formula is C65H45N. The third-order valence-corrected chi connectivity index (χ3v) is 15.6. The molecule has 0 radical (unpaired) electrons. The van der Waals surface area contributed by atoms with Crippen molar-refractivity contribution in [2.45, 2.75) is 30.6 Å². The van der Waals surface area contributed by atoms with Crippen LogP contribution in [0, 0.1) is 0 Å². The van der Waals surface area contributed by atoms with E-state index < -0.39 is 5.41 Å². The summed E-state index contributed by atoms with van der Waals surface area (Å²) < 4.78 is 2.58. The van der Waals surface area contributed by atoms with E-state index in [4.69, 9.17) is 0 Å². The Morgan fingerprint density at radius 1 is 0.364 bits per heavy atom. The zero-order valence-electron chi connectivity index (χ0n) is 37.0. The highest BCUT2D eigenvalue weighted by atomic mass is 15.0. The Morgan fingerprint density at radius 2 is 0.939 bits per heavy atom. The van der Waals surface area contributed by atoms with E-state index in [0.717, 1.165) is 0 Å². The average Bonchev–Trinajstić information content (AvgIpc) is 3.96. The minimum absolute atomic E-state index is 0.0578. The predicted molar refractivity (Wildman–Crippen MR) is 274 cm³/mol. The first-order valence-electron chi connectivity index (χ1n) is 23.4. The van der Waals surface area contributed by atoms with E-state index >= 15 is 0 Å². The molecule has 66 heavy (non-hydrogen) atoms. The van der Waals surface area contributed by atoms with Crippen LogP contribution < -0.4 is 0 Å². The minimum atomic E-state index is -0.490. The van der Waals surface area contributed by atoms with Gasteiger partial charge in [-0.3, -0.25) is 0 Å². The van der Waals surface area contributed by atoms with Gasteiger partial charge in [0.25, 0.3) is 0 Å². The smallest absolute Gasteiger partial charge is 0.0754 e. The number of hydrogen-bond acceptors (Lipinski definition) is 0. The molecule has 0 fully saturated rings. The van der Waals surface area contributed by atoms with Gasteiger partial charge < -0.3 is 4.57 Å². The first kappa shape index (κ1) is 37.4. The van der Waals surface area contributed by atoms with Gasteiger partial charge in [-0.2, -0.15) is 0 Å². The van der Waals surface area contributed by atoms with Crippen molar-refractivity contribution in [3.8, 4) is 50.2 Å². The van der Waals surface area contributed by atoms with Gasteiger partial charge in [-0.15, -0.1) is 0 Å². The fourth-order valence-corrected chi connectivity index (χ4v) is 12.8. The number of para-hydroxylation sites is 2. The Morgan fingerprint density at radius 3 is 1.74 bits per heavy atom. The maximum atomic E-state index is 2.58. The molecule has 14 rings (SSSR count). The Labute approximate surface area is 385 Å². The molecule has 0 saturated carbocycles. The summed E-state index contributed by atoms with van der Waals surface area (Å²) in [6.07, 6.45) is 0. The van der Waals surface area contributed by atoms with Crippen molar-refractivity contribution >= 4 is 21.8 Å². The highest BCUT2D eigenvalue weighted by molar-refractivity contribution is 6.13. The topological polar surface area (TPSA) is 4.93 Å². The highest BCUT2D eigenvalue weighted by Gasteiger charge is 2.51. The summed E-state index contributed by atoms with van der Waals surface area (Å²) in [5.41, 5.74) is 25.4. The van der Waals surface area contributed by atoms with Crippen LogP contribution in [0.25, 0.3) is 72.0 Å². The first-order chi connectivity index (χ1) is 32.5. The van der Waals surface area contributed by atoms with Gasteiger partial charge in [0.2, 0.25) is 0 Å². The molecule has 10 aromatic carbocycles. The van der Waals surface area contributed by atoms with Gasteiger partial charge in [-0.25, -0.2) is 0 Å². The number of fused-ring (bicyclic) bond motifs is 15. The van der Waals surface area contributed by atoms with Crippen LogP contribution in [0.2, 0.25) is 0 Å². The lowest BCUT2D eigenvalue weighted by Crippen LogP contribution is -2.33. The molecule has 2 heterocycles. The highest BCUT2D eigenvalue weighted by Crippen LogP contribution is 2.61. The lowest BCUT2D eigenvalue weighted by atomic mass is 9.65. The van der Waals surface area contributed by atoms with Crippen molar-refractivity contribution in [1.82, 2.24) is 4.57 Å². The van der Waals surface area contributed by atoms with Crippen LogP contribution in [-0.2, 0) is 10.8 Å². The zero-order chi connectivity index (χ0) is 43.7. The molecule has 2 aliphatic carbocycles. The van der Waals surface area contributed by atoms with Crippen LogP contribution in [-0.4, -0.2) is 4.57 Å². The number of rotatable bonds is 5. The van der Waals surface area contributed by atoms with Crippen molar-refractivity contribution in [1.29, 1.82) is 0 Å². The van der Waals surface area contributed by atoms with E-state index in [1.165, 1.54) is 122 Å². The third kappa shape index (κ3) is 4.90. The molecule has 1 aliphatic heterocycles. The van der Waals surface area contributed by atoms with E-state index in [0.29, 0.717) is 0 Å². The van der Waals surface area contributed by atoms with Gasteiger partial charge in [-0.1, -0.05) is 232 Å². The van der Waals surface area contributed by atoms with Crippen LogP contribution in [0.1, 0.15) is 69.8 Å². The maximum Gasteiger partial charge on any atom is 0.0754 e. The van der Waals surface area contributed by atoms with Gasteiger partial charge in [0, 0.05) is 22.1 Å². The van der Waals surface area contributed by atoms with E-state index in [2.05, 4.69) is 249 Å². The monoisotopic (exact) mass is 839 g/mol. The van der Waals surface area contributed by atoms with Crippen molar-refractivity contribution in [3.63, 3.8) is 0 Å². The summed E-state index contributed by atoms with van der Waals surface area (Å²) in [5, 5.41) is 2.57. The minimum Gasteiger partial charge on any atom is -0.309 e. The largest absolute Gasteiger partial charge is 0.309 e. The van der Waals surface area contributed by atoms with Gasteiger partial charge >= 0.3 is 0 Å². The average molecular weight is 840 g/mol. The number of benzene rings is 10. The Bertz CT molecular complexity index is 3760. The molecule has 1 nitrogen and oxygen atoms in total. The quantitative estimate of drug-likeness (QED) is 0.152. The molecule has 1 spiro atoms. The molecule has 3 aliphatic rings. The molecule has 1 heteroatoms. The van der Waals surface area contributed by atoms with Crippen molar-refractivity contribution in [2.75, 3.05) is 0 Å². The van der Waals surface area contributed by atoms with Crippen molar-refractivity contribution < 1.29 is 0 Å². The molecule has 310 valence electrons. The van der Waals surface area contributed by atoms with Gasteiger partial charge in [-0.05, 0) is 107 Å². The molecular weight excluding hydrogens is 795 g/mol. The number of nitrogens with zero attached hydrogens (tertiary/aromatic N) is 1. The van der Waals surface area contributed by atoms with Gasteiger partial charge in [0.15, 0.2) is 0 Å². The van der Waals surface area contributed by atoms with Crippen LogP contribution in [0.5, 0.6) is 0 Å². The van der Waals surface area contributed by atoms with E-state index in [1.54, 1.807) is 0 Å². The summed E-state index contributed by atoms with van der Waals surface area (Å²) in [4.78, 5) is 0. The van der Waals surface area contributed by atoms with Crippen LogP contribution in [0.4, 0.5) is 0 Å². The lowest BCUT2D eigenvalue weighted by molar-refractivity contribution is 0.659. The second-order valence-corrected chi connectivity index (χ2v) is 19.1. The molecule has 1 unspecified atom stereocenters. The summed E-state index contributed by atoms with van der Waals surface area (Å²) in [5.74, 6) is -0.0578. The van der Waals surface area contributed by atoms with Crippen LogP contribution in [0.3, 0.4) is 0 Å². The van der Waals surface area contributed by atoms with Crippen molar-refractivity contribution in [2.24, 2.45) is 0 Å². The molecule has 0 bridgehead atoms. The summed E-state index contributed by atoms with van der Waals surface area (Å²) in [6, 6.07) is 87.2. The van der Waals surface area contributed by atoms with Gasteiger partial charge in [0.05, 0.1) is 22.1 Å². The second kappa shape index (κ2) is 13.8. The zero-order valence-corrected chi connectivity index (χ0v) is 37.0. The normalized spacial score (nSPS) is 14.7. The Balaban J connectivity index is 1.06. The van der Waals surface area contributed by atoms with Gasteiger partial charge in [0.1, 0.15) is 0 Å². The molecule has 0 N–H and O–H groups in total. The molecule has 0 amide bonds. The fraction of sp³-hybridized carbons (Fsp3) is 0.0769. The van der Waals surface area contributed by atoms with Crippen molar-refractivity contribution in [3.05, 3.63) is 281 Å². The lowest BCUT2D eigenvalue weighted by Gasteiger charge is -2.40. The third-order valence-electron chi connectivity index (χ3n) is 15.6. The second-order valence-electron chi connectivity index (χ2n) is 19.1. The molecule has 1 aromatic heterocycles. The SMILES string of the molecule is CC1(C)c2ccccc2-c2c(C(c3cccc(-c4ccccc4)c3)c3ccccc3-c3ccc4c(c3)-n3c5ccccc5c5cccc(c53)C43c4ccccc4-c4ccccc43)cccc21. The Kier molecular flexibility index (Phi) is 7.79. The fourth-order valence-electron chi connectivity index (χ4n) is 12.8. The van der Waals surface area contributed by atoms with Crippen LogP contribution >= 0.6 is 0 Å². The van der Waals surface area contributed by atoms with E-state index in [9.17, 15) is 0 Å².